The van der Waals surface area contributed by atoms with Gasteiger partial charge in [0.15, 0.2) is 0 Å². The molecule has 0 atom stereocenters. The first-order valence-corrected chi connectivity index (χ1v) is 19.5. The Bertz CT molecular complexity index is 796. The van der Waals surface area contributed by atoms with Crippen LogP contribution < -0.4 is 10.6 Å². The SMILES string of the molecule is CCCCCCCCCCCCCN(C)CCNC(=O)c1cccc(C(=O)NCCN(C)CCCCCCCCCCCCC)c1. The summed E-state index contributed by atoms with van der Waals surface area (Å²) < 4.78 is 0. The molecular formula is C40H74N4O2. The molecule has 0 saturated carbocycles. The summed E-state index contributed by atoms with van der Waals surface area (Å²) in [6.45, 7) is 9.55. The van der Waals surface area contributed by atoms with Crippen LogP contribution in [0.25, 0.3) is 0 Å². The molecule has 46 heavy (non-hydrogen) atoms. The van der Waals surface area contributed by atoms with E-state index in [1.165, 1.54) is 141 Å². The van der Waals surface area contributed by atoms with Gasteiger partial charge >= 0.3 is 0 Å². The minimum atomic E-state index is -0.121. The lowest BCUT2D eigenvalue weighted by molar-refractivity contribution is 0.0949. The zero-order valence-electron chi connectivity index (χ0n) is 30.8. The first-order valence-electron chi connectivity index (χ1n) is 19.5. The Labute approximate surface area is 285 Å². The van der Waals surface area contributed by atoms with Crippen LogP contribution in [0.5, 0.6) is 0 Å². The third kappa shape index (κ3) is 24.3. The molecule has 1 rings (SSSR count). The molecule has 0 radical (unpaired) electrons. The summed E-state index contributed by atoms with van der Waals surface area (Å²) in [7, 11) is 4.26. The number of hydrogen-bond donors (Lipinski definition) is 2. The number of nitrogens with one attached hydrogen (secondary N) is 2. The molecule has 0 spiro atoms. The molecule has 1 aromatic carbocycles. The maximum Gasteiger partial charge on any atom is 0.251 e. The van der Waals surface area contributed by atoms with E-state index in [-0.39, 0.29) is 11.8 Å². The fourth-order valence-corrected chi connectivity index (χ4v) is 6.04. The molecule has 6 heteroatoms. The lowest BCUT2D eigenvalue weighted by Gasteiger charge is -2.17. The molecule has 0 aliphatic carbocycles. The summed E-state index contributed by atoms with van der Waals surface area (Å²) in [5.41, 5.74) is 1.07. The van der Waals surface area contributed by atoms with Crippen LogP contribution in [0.1, 0.15) is 176 Å². The second-order valence-electron chi connectivity index (χ2n) is 13.8. The lowest BCUT2D eigenvalue weighted by atomic mass is 10.1. The topological polar surface area (TPSA) is 64.7 Å². The van der Waals surface area contributed by atoms with E-state index in [0.717, 1.165) is 26.2 Å². The largest absolute Gasteiger partial charge is 0.351 e. The van der Waals surface area contributed by atoms with Gasteiger partial charge in [0.1, 0.15) is 0 Å². The predicted octanol–water partition coefficient (Wildman–Crippen LogP) is 9.63. The van der Waals surface area contributed by atoms with Crippen molar-refractivity contribution in [2.24, 2.45) is 0 Å². The van der Waals surface area contributed by atoms with Crippen molar-refractivity contribution in [3.63, 3.8) is 0 Å². The highest BCUT2D eigenvalue weighted by Gasteiger charge is 2.11. The molecule has 2 amide bonds. The number of hydrogen-bond acceptors (Lipinski definition) is 4. The Kier molecular flexibility index (Phi) is 27.8. The van der Waals surface area contributed by atoms with E-state index in [1.54, 1.807) is 24.3 Å². The van der Waals surface area contributed by atoms with Crippen LogP contribution in [0.2, 0.25) is 0 Å². The smallest absolute Gasteiger partial charge is 0.251 e. The zero-order valence-corrected chi connectivity index (χ0v) is 30.8. The van der Waals surface area contributed by atoms with Gasteiger partial charge in [0, 0.05) is 37.3 Å². The van der Waals surface area contributed by atoms with Gasteiger partial charge in [-0.05, 0) is 58.2 Å². The van der Waals surface area contributed by atoms with E-state index in [2.05, 4.69) is 48.4 Å². The molecule has 0 aromatic heterocycles. The van der Waals surface area contributed by atoms with E-state index in [0.29, 0.717) is 24.2 Å². The van der Waals surface area contributed by atoms with E-state index in [9.17, 15) is 9.59 Å². The first-order chi connectivity index (χ1) is 22.5. The summed E-state index contributed by atoms with van der Waals surface area (Å²) in [6, 6.07) is 7.06. The van der Waals surface area contributed by atoms with E-state index < -0.39 is 0 Å². The van der Waals surface area contributed by atoms with Crippen molar-refractivity contribution >= 4 is 11.8 Å². The number of unbranched alkanes of at least 4 members (excludes halogenated alkanes) is 20. The van der Waals surface area contributed by atoms with Gasteiger partial charge in [-0.25, -0.2) is 0 Å². The Balaban J connectivity index is 2.10. The highest BCUT2D eigenvalue weighted by molar-refractivity contribution is 5.99. The van der Waals surface area contributed by atoms with Gasteiger partial charge in [-0.2, -0.15) is 0 Å². The Hall–Kier alpha value is -1.92. The molecule has 0 heterocycles. The van der Waals surface area contributed by atoms with Gasteiger partial charge in [0.25, 0.3) is 11.8 Å². The predicted molar refractivity (Wildman–Crippen MR) is 199 cm³/mol. The van der Waals surface area contributed by atoms with Crippen LogP contribution in [-0.2, 0) is 0 Å². The molecule has 0 fully saturated rings. The molecule has 2 N–H and O–H groups in total. The number of carbonyl (C=O) groups excluding carboxylic acids is 2. The maximum absolute atomic E-state index is 12.7. The third-order valence-corrected chi connectivity index (χ3v) is 9.23. The summed E-state index contributed by atoms with van der Waals surface area (Å²) in [5, 5.41) is 6.05. The average molecular weight is 643 g/mol. The quantitative estimate of drug-likeness (QED) is 0.0768. The van der Waals surface area contributed by atoms with Crippen molar-refractivity contribution in [3.05, 3.63) is 35.4 Å². The van der Waals surface area contributed by atoms with Gasteiger partial charge < -0.3 is 20.4 Å². The van der Waals surface area contributed by atoms with Crippen LogP contribution in [0.4, 0.5) is 0 Å². The van der Waals surface area contributed by atoms with Gasteiger partial charge in [-0.15, -0.1) is 0 Å². The minimum absolute atomic E-state index is 0.121. The Morgan fingerprint density at radius 3 is 1.11 bits per heavy atom. The zero-order chi connectivity index (χ0) is 33.5. The summed E-state index contributed by atoms with van der Waals surface area (Å²) >= 11 is 0. The second-order valence-corrected chi connectivity index (χ2v) is 13.8. The van der Waals surface area contributed by atoms with Crippen molar-refractivity contribution in [1.82, 2.24) is 20.4 Å². The molecule has 1 aromatic rings. The summed E-state index contributed by atoms with van der Waals surface area (Å²) in [4.78, 5) is 30.1. The normalized spacial score (nSPS) is 11.4. The number of rotatable bonds is 32. The molecule has 0 unspecified atom stereocenters. The monoisotopic (exact) mass is 643 g/mol. The average Bonchev–Trinajstić information content (AvgIpc) is 3.06. The fourth-order valence-electron chi connectivity index (χ4n) is 6.04. The molecule has 266 valence electrons. The van der Waals surface area contributed by atoms with Crippen molar-refractivity contribution in [3.8, 4) is 0 Å². The number of benzene rings is 1. The Morgan fingerprint density at radius 1 is 0.478 bits per heavy atom. The van der Waals surface area contributed by atoms with Gasteiger partial charge in [0.2, 0.25) is 0 Å². The number of amides is 2. The standard InChI is InChI=1S/C40H74N4O2/c1-5-7-9-11-13-15-17-19-21-23-25-32-43(3)34-30-41-39(45)37-28-27-29-38(36-37)40(46)42-31-35-44(4)33-26-24-22-20-18-16-14-12-10-8-6-2/h27-29,36H,5-26,30-35H2,1-4H3,(H,41,45)(H,42,46). The van der Waals surface area contributed by atoms with Crippen LogP contribution in [0.3, 0.4) is 0 Å². The number of carbonyl (C=O) groups is 2. The summed E-state index contributed by atoms with van der Waals surface area (Å²) in [6.07, 6.45) is 29.8. The lowest BCUT2D eigenvalue weighted by Crippen LogP contribution is -2.34. The van der Waals surface area contributed by atoms with Crippen LogP contribution in [0.15, 0.2) is 24.3 Å². The molecule has 0 saturated heterocycles. The maximum atomic E-state index is 12.7. The Morgan fingerprint density at radius 2 is 0.783 bits per heavy atom. The van der Waals surface area contributed by atoms with Gasteiger partial charge in [0.05, 0.1) is 0 Å². The third-order valence-electron chi connectivity index (χ3n) is 9.23. The molecule has 0 aliphatic rings. The first kappa shape index (κ1) is 42.1. The van der Waals surface area contributed by atoms with Crippen LogP contribution >= 0.6 is 0 Å². The second kappa shape index (κ2) is 30.4. The highest BCUT2D eigenvalue weighted by Crippen LogP contribution is 2.13. The molecular weight excluding hydrogens is 568 g/mol. The molecule has 6 nitrogen and oxygen atoms in total. The van der Waals surface area contributed by atoms with Crippen molar-refractivity contribution in [2.45, 2.75) is 155 Å². The van der Waals surface area contributed by atoms with Crippen LogP contribution in [-0.4, -0.2) is 75.0 Å². The highest BCUT2D eigenvalue weighted by atomic mass is 16.2. The van der Waals surface area contributed by atoms with E-state index >= 15 is 0 Å². The van der Waals surface area contributed by atoms with E-state index in [1.807, 2.05) is 0 Å². The fraction of sp³-hybridized carbons (Fsp3) is 0.800. The van der Waals surface area contributed by atoms with Gasteiger partial charge in [-0.3, -0.25) is 9.59 Å². The van der Waals surface area contributed by atoms with E-state index in [4.69, 9.17) is 0 Å². The van der Waals surface area contributed by atoms with Crippen molar-refractivity contribution in [2.75, 3.05) is 53.4 Å². The number of nitrogens with zero attached hydrogens (tertiary/aromatic N) is 2. The molecule has 0 aliphatic heterocycles. The van der Waals surface area contributed by atoms with Gasteiger partial charge in [-0.1, -0.05) is 148 Å². The van der Waals surface area contributed by atoms with Crippen molar-refractivity contribution in [1.29, 1.82) is 0 Å². The minimum Gasteiger partial charge on any atom is -0.351 e. The molecule has 0 bridgehead atoms. The number of likely N-dealkylation sites (N-methyl/N-ethyl adjacent to an activating group) is 2. The summed E-state index contributed by atoms with van der Waals surface area (Å²) in [5.74, 6) is -0.242. The van der Waals surface area contributed by atoms with Crippen molar-refractivity contribution < 1.29 is 9.59 Å². The van der Waals surface area contributed by atoms with Crippen LogP contribution in [0, 0.1) is 0 Å².